The van der Waals surface area contributed by atoms with E-state index in [2.05, 4.69) is 48.1 Å². The summed E-state index contributed by atoms with van der Waals surface area (Å²) in [5.41, 5.74) is 0.986. The fraction of sp³-hybridized carbons (Fsp3) is 0.214. The summed E-state index contributed by atoms with van der Waals surface area (Å²) in [6, 6.07) is 12.0. The maximum absolute atomic E-state index is 4.38. The number of benzene rings is 1. The predicted octanol–water partition coefficient (Wildman–Crippen LogP) is 2.95. The number of thiophene rings is 1. The van der Waals surface area contributed by atoms with Gasteiger partial charge in [-0.15, -0.1) is 21.5 Å². The molecular weight excluding hydrogens is 350 g/mol. The zero-order chi connectivity index (χ0) is 14.5. The lowest BCUT2D eigenvalue weighted by Gasteiger charge is -2.01. The largest absolute Gasteiger partial charge is 0.310 e. The molecule has 0 saturated heterocycles. The van der Waals surface area contributed by atoms with E-state index < -0.39 is 0 Å². The van der Waals surface area contributed by atoms with Crippen LogP contribution in [0.3, 0.4) is 0 Å². The van der Waals surface area contributed by atoms with Crippen molar-refractivity contribution in [2.75, 3.05) is 6.54 Å². The zero-order valence-corrected chi connectivity index (χ0v) is 13.6. The van der Waals surface area contributed by atoms with Gasteiger partial charge in [0.2, 0.25) is 5.82 Å². The average molecular weight is 364 g/mol. The first kappa shape index (κ1) is 14.4. The van der Waals surface area contributed by atoms with Gasteiger partial charge in [0.05, 0.1) is 6.54 Å². The number of hydrogen-bond donors (Lipinski definition) is 1. The molecule has 21 heavy (non-hydrogen) atoms. The van der Waals surface area contributed by atoms with E-state index in [0.717, 1.165) is 23.1 Å². The van der Waals surface area contributed by atoms with Crippen LogP contribution in [0.15, 0.2) is 46.3 Å². The van der Waals surface area contributed by atoms with Crippen LogP contribution in [-0.2, 0) is 13.1 Å². The van der Waals surface area contributed by atoms with Crippen molar-refractivity contribution >= 4 is 27.3 Å². The molecule has 0 aliphatic heterocycles. The third-order valence-corrected chi connectivity index (χ3v) is 4.59. The normalized spacial score (nSPS) is 10.9. The third-order valence-electron chi connectivity index (χ3n) is 2.89. The smallest absolute Gasteiger partial charge is 0.204 e. The van der Waals surface area contributed by atoms with Crippen molar-refractivity contribution in [2.24, 2.45) is 0 Å². The molecule has 3 rings (SSSR count). The Balaban J connectivity index is 1.49. The van der Waals surface area contributed by atoms with E-state index in [4.69, 9.17) is 0 Å². The third kappa shape index (κ3) is 3.96. The molecule has 2 heterocycles. The Morgan fingerprint density at radius 2 is 2.10 bits per heavy atom. The standard InChI is InChI=1S/C14H14BrN5S/c15-12-8-13(21-10-12)9-16-6-7-20-18-14(17-19-20)11-4-2-1-3-5-11/h1-5,8,10,16H,6-7,9H2. The molecule has 0 unspecified atom stereocenters. The first-order chi connectivity index (χ1) is 10.3. The lowest BCUT2D eigenvalue weighted by molar-refractivity contribution is 0.492. The second kappa shape index (κ2) is 6.93. The van der Waals surface area contributed by atoms with Crippen molar-refractivity contribution in [1.29, 1.82) is 0 Å². The summed E-state index contributed by atoms with van der Waals surface area (Å²) in [6.07, 6.45) is 0. The minimum absolute atomic E-state index is 0.665. The van der Waals surface area contributed by atoms with Gasteiger partial charge in [0.15, 0.2) is 0 Å². The lowest BCUT2D eigenvalue weighted by Crippen LogP contribution is -2.20. The van der Waals surface area contributed by atoms with E-state index in [1.165, 1.54) is 4.88 Å². The maximum atomic E-state index is 4.38. The monoisotopic (exact) mass is 363 g/mol. The maximum Gasteiger partial charge on any atom is 0.204 e. The molecule has 3 aromatic rings. The molecule has 108 valence electrons. The SMILES string of the molecule is Brc1csc(CNCCn2nnc(-c3ccccc3)n2)c1. The summed E-state index contributed by atoms with van der Waals surface area (Å²) in [5.74, 6) is 0.665. The molecule has 5 nitrogen and oxygen atoms in total. The van der Waals surface area contributed by atoms with Crippen LogP contribution in [-0.4, -0.2) is 26.8 Å². The minimum Gasteiger partial charge on any atom is -0.310 e. The Labute approximate surface area is 135 Å². The zero-order valence-electron chi connectivity index (χ0n) is 11.2. The van der Waals surface area contributed by atoms with Crippen LogP contribution < -0.4 is 5.32 Å². The van der Waals surface area contributed by atoms with E-state index in [0.29, 0.717) is 12.4 Å². The molecule has 0 fully saturated rings. The van der Waals surface area contributed by atoms with Gasteiger partial charge in [0, 0.05) is 33.4 Å². The highest BCUT2D eigenvalue weighted by atomic mass is 79.9. The van der Waals surface area contributed by atoms with E-state index >= 15 is 0 Å². The topological polar surface area (TPSA) is 55.6 Å². The summed E-state index contributed by atoms with van der Waals surface area (Å²) in [6.45, 7) is 2.36. The van der Waals surface area contributed by atoms with Gasteiger partial charge in [-0.05, 0) is 27.2 Å². The summed E-state index contributed by atoms with van der Waals surface area (Å²) < 4.78 is 1.13. The molecule has 2 aromatic heterocycles. The Morgan fingerprint density at radius 3 is 2.86 bits per heavy atom. The van der Waals surface area contributed by atoms with Gasteiger partial charge < -0.3 is 5.32 Å². The molecule has 0 atom stereocenters. The molecule has 0 aliphatic carbocycles. The van der Waals surface area contributed by atoms with Gasteiger partial charge in [-0.1, -0.05) is 30.3 Å². The van der Waals surface area contributed by atoms with Crippen LogP contribution in [0.25, 0.3) is 11.4 Å². The molecular formula is C14H14BrN5S. The van der Waals surface area contributed by atoms with Crippen molar-refractivity contribution in [3.63, 3.8) is 0 Å². The first-order valence-electron chi connectivity index (χ1n) is 6.58. The lowest BCUT2D eigenvalue weighted by atomic mass is 10.2. The van der Waals surface area contributed by atoms with Gasteiger partial charge in [-0.3, -0.25) is 0 Å². The van der Waals surface area contributed by atoms with Gasteiger partial charge in [0.1, 0.15) is 0 Å². The van der Waals surface area contributed by atoms with Crippen LogP contribution in [0.1, 0.15) is 4.88 Å². The number of tetrazole rings is 1. The highest BCUT2D eigenvalue weighted by molar-refractivity contribution is 9.10. The van der Waals surface area contributed by atoms with Crippen LogP contribution in [0, 0.1) is 0 Å². The molecule has 1 aromatic carbocycles. The highest BCUT2D eigenvalue weighted by Gasteiger charge is 2.04. The fourth-order valence-electron chi connectivity index (χ4n) is 1.88. The van der Waals surface area contributed by atoms with E-state index in [9.17, 15) is 0 Å². The number of aromatic nitrogens is 4. The molecule has 0 aliphatic rings. The molecule has 0 bridgehead atoms. The van der Waals surface area contributed by atoms with Crippen molar-refractivity contribution in [1.82, 2.24) is 25.5 Å². The summed E-state index contributed by atoms with van der Waals surface area (Å²) in [4.78, 5) is 2.93. The molecule has 1 N–H and O–H groups in total. The van der Waals surface area contributed by atoms with Gasteiger partial charge in [-0.25, -0.2) is 0 Å². The quantitative estimate of drug-likeness (QED) is 0.684. The summed E-state index contributed by atoms with van der Waals surface area (Å²) in [7, 11) is 0. The number of halogens is 1. The van der Waals surface area contributed by atoms with Crippen LogP contribution in [0.4, 0.5) is 0 Å². The van der Waals surface area contributed by atoms with Crippen LogP contribution in [0.5, 0.6) is 0 Å². The summed E-state index contributed by atoms with van der Waals surface area (Å²) >= 11 is 5.19. The Bertz CT molecular complexity index is 694. The van der Waals surface area contributed by atoms with Crippen LogP contribution in [0.2, 0.25) is 0 Å². The van der Waals surface area contributed by atoms with Crippen molar-refractivity contribution < 1.29 is 0 Å². The van der Waals surface area contributed by atoms with E-state index in [-0.39, 0.29) is 0 Å². The van der Waals surface area contributed by atoms with Gasteiger partial charge in [-0.2, -0.15) is 4.80 Å². The minimum atomic E-state index is 0.665. The first-order valence-corrected chi connectivity index (χ1v) is 8.25. The fourth-order valence-corrected chi connectivity index (χ4v) is 3.30. The Kier molecular flexibility index (Phi) is 4.74. The Morgan fingerprint density at radius 1 is 1.24 bits per heavy atom. The molecule has 0 saturated carbocycles. The molecule has 0 amide bonds. The summed E-state index contributed by atoms with van der Waals surface area (Å²) in [5, 5.41) is 18.0. The number of nitrogens with one attached hydrogen (secondary N) is 1. The van der Waals surface area contributed by atoms with Gasteiger partial charge >= 0.3 is 0 Å². The molecule has 0 spiro atoms. The van der Waals surface area contributed by atoms with Crippen molar-refractivity contribution in [2.45, 2.75) is 13.1 Å². The van der Waals surface area contributed by atoms with E-state index in [1.807, 2.05) is 30.3 Å². The predicted molar refractivity (Wildman–Crippen MR) is 87.0 cm³/mol. The number of rotatable bonds is 6. The highest BCUT2D eigenvalue weighted by Crippen LogP contribution is 2.19. The van der Waals surface area contributed by atoms with Gasteiger partial charge in [0.25, 0.3) is 0 Å². The van der Waals surface area contributed by atoms with Crippen LogP contribution >= 0.6 is 27.3 Å². The second-order valence-electron chi connectivity index (χ2n) is 4.48. The molecule has 0 radical (unpaired) electrons. The van der Waals surface area contributed by atoms with Crippen molar-refractivity contribution in [3.05, 3.63) is 51.1 Å². The van der Waals surface area contributed by atoms with Crippen molar-refractivity contribution in [3.8, 4) is 11.4 Å². The average Bonchev–Trinajstić information content (AvgIpc) is 3.14. The number of nitrogens with zero attached hydrogens (tertiary/aromatic N) is 4. The van der Waals surface area contributed by atoms with E-state index in [1.54, 1.807) is 16.1 Å². The molecule has 7 heteroatoms. The number of hydrogen-bond acceptors (Lipinski definition) is 5. The second-order valence-corrected chi connectivity index (χ2v) is 6.39. The Hall–Kier alpha value is -1.57.